The van der Waals surface area contributed by atoms with Crippen LogP contribution in [0.2, 0.25) is 0 Å². The SMILES string of the molecule is CC1(C)OB(/C=C/c2ccc(CCN)nc2)OC1(C)C. The molecule has 4 nitrogen and oxygen atoms in total. The monoisotopic (exact) mass is 274 g/mol. The van der Waals surface area contributed by atoms with Crippen LogP contribution in [0.25, 0.3) is 6.08 Å². The van der Waals surface area contributed by atoms with Gasteiger partial charge in [-0.05, 0) is 45.9 Å². The second-order valence-corrected chi connectivity index (χ2v) is 6.11. The van der Waals surface area contributed by atoms with Crippen molar-refractivity contribution in [3.63, 3.8) is 0 Å². The summed E-state index contributed by atoms with van der Waals surface area (Å²) in [5.41, 5.74) is 6.95. The average Bonchev–Trinajstić information content (AvgIpc) is 2.57. The highest BCUT2D eigenvalue weighted by atomic mass is 16.7. The summed E-state index contributed by atoms with van der Waals surface area (Å²) in [6.07, 6.45) is 4.62. The second-order valence-electron chi connectivity index (χ2n) is 6.11. The van der Waals surface area contributed by atoms with Gasteiger partial charge in [0, 0.05) is 18.3 Å². The molecule has 0 radical (unpaired) electrons. The fourth-order valence-corrected chi connectivity index (χ4v) is 1.99. The molecule has 2 heterocycles. The first-order valence-electron chi connectivity index (χ1n) is 7.03. The summed E-state index contributed by atoms with van der Waals surface area (Å²) < 4.78 is 11.8. The zero-order chi connectivity index (χ0) is 14.8. The van der Waals surface area contributed by atoms with Crippen LogP contribution < -0.4 is 5.73 Å². The Bertz CT molecular complexity index is 467. The van der Waals surface area contributed by atoms with Gasteiger partial charge in [0.2, 0.25) is 0 Å². The standard InChI is InChI=1S/C15H23BN2O2/c1-14(2)15(3,4)20-16(19-14)9-7-12-5-6-13(8-10-17)18-11-12/h5-7,9,11H,8,10,17H2,1-4H3/b9-7+. The summed E-state index contributed by atoms with van der Waals surface area (Å²) in [5.74, 6) is 1.93. The van der Waals surface area contributed by atoms with Gasteiger partial charge in [-0.15, -0.1) is 0 Å². The van der Waals surface area contributed by atoms with Crippen molar-refractivity contribution in [2.24, 2.45) is 5.73 Å². The molecule has 1 aliphatic rings. The Labute approximate surface area is 121 Å². The molecule has 0 unspecified atom stereocenters. The molecule has 1 fully saturated rings. The Morgan fingerprint density at radius 2 is 1.85 bits per heavy atom. The van der Waals surface area contributed by atoms with Crippen LogP contribution in [-0.2, 0) is 15.7 Å². The molecule has 0 aromatic carbocycles. The van der Waals surface area contributed by atoms with Crippen LogP contribution in [0.1, 0.15) is 39.0 Å². The maximum Gasteiger partial charge on any atom is 0.487 e. The van der Waals surface area contributed by atoms with Gasteiger partial charge in [-0.25, -0.2) is 0 Å². The lowest BCUT2D eigenvalue weighted by molar-refractivity contribution is 0.00578. The first-order valence-corrected chi connectivity index (χ1v) is 7.03. The minimum Gasteiger partial charge on any atom is -0.400 e. The summed E-state index contributed by atoms with van der Waals surface area (Å²) in [5, 5.41) is 0. The fourth-order valence-electron chi connectivity index (χ4n) is 1.99. The van der Waals surface area contributed by atoms with Crippen molar-refractivity contribution in [2.45, 2.75) is 45.3 Å². The predicted molar refractivity (Wildman–Crippen MR) is 82.1 cm³/mol. The van der Waals surface area contributed by atoms with Crippen molar-refractivity contribution in [2.75, 3.05) is 6.54 Å². The van der Waals surface area contributed by atoms with Gasteiger partial charge in [0.15, 0.2) is 0 Å². The van der Waals surface area contributed by atoms with Crippen LogP contribution in [0.15, 0.2) is 24.3 Å². The Hall–Kier alpha value is -1.17. The zero-order valence-electron chi connectivity index (χ0n) is 12.7. The summed E-state index contributed by atoms with van der Waals surface area (Å²) in [7, 11) is -0.316. The predicted octanol–water partition coefficient (Wildman–Crippen LogP) is 2.23. The Morgan fingerprint density at radius 1 is 1.20 bits per heavy atom. The molecule has 1 aliphatic heterocycles. The van der Waals surface area contributed by atoms with E-state index < -0.39 is 0 Å². The minimum absolute atomic E-state index is 0.300. The zero-order valence-corrected chi connectivity index (χ0v) is 12.7. The number of nitrogens with two attached hydrogens (primary N) is 1. The van der Waals surface area contributed by atoms with E-state index in [1.165, 1.54) is 0 Å². The smallest absolute Gasteiger partial charge is 0.400 e. The van der Waals surface area contributed by atoms with E-state index >= 15 is 0 Å². The highest BCUT2D eigenvalue weighted by molar-refractivity contribution is 6.52. The quantitative estimate of drug-likeness (QED) is 0.855. The van der Waals surface area contributed by atoms with Crippen LogP contribution >= 0.6 is 0 Å². The summed E-state index contributed by atoms with van der Waals surface area (Å²) in [6, 6.07) is 4.02. The third-order valence-electron chi connectivity index (χ3n) is 3.97. The molecule has 5 heteroatoms. The molecule has 0 amide bonds. The van der Waals surface area contributed by atoms with Crippen LogP contribution in [0.4, 0.5) is 0 Å². The third-order valence-corrected chi connectivity index (χ3v) is 3.97. The van der Waals surface area contributed by atoms with E-state index in [1.54, 1.807) is 0 Å². The average molecular weight is 274 g/mol. The first kappa shape index (κ1) is 15.2. The molecule has 0 aliphatic carbocycles. The highest BCUT2D eigenvalue weighted by Crippen LogP contribution is 2.36. The van der Waals surface area contributed by atoms with Crippen molar-refractivity contribution in [3.8, 4) is 0 Å². The summed E-state index contributed by atoms with van der Waals surface area (Å²) in [4.78, 5) is 4.36. The number of hydrogen-bond donors (Lipinski definition) is 1. The molecule has 0 atom stereocenters. The lowest BCUT2D eigenvalue weighted by Gasteiger charge is -2.32. The van der Waals surface area contributed by atoms with Crippen LogP contribution in [0.3, 0.4) is 0 Å². The molecule has 20 heavy (non-hydrogen) atoms. The van der Waals surface area contributed by atoms with Crippen molar-refractivity contribution in [1.29, 1.82) is 0 Å². The van der Waals surface area contributed by atoms with Gasteiger partial charge < -0.3 is 15.0 Å². The molecule has 0 spiro atoms. The minimum atomic E-state index is -0.316. The van der Waals surface area contributed by atoms with Crippen molar-refractivity contribution in [1.82, 2.24) is 4.98 Å². The fraction of sp³-hybridized carbons (Fsp3) is 0.533. The first-order chi connectivity index (χ1) is 9.34. The molecule has 1 aromatic rings. The molecule has 1 saturated heterocycles. The topological polar surface area (TPSA) is 57.4 Å². The van der Waals surface area contributed by atoms with E-state index in [0.29, 0.717) is 6.54 Å². The molecule has 108 valence electrons. The van der Waals surface area contributed by atoms with Gasteiger partial charge in [0.1, 0.15) is 0 Å². The maximum atomic E-state index is 5.90. The molecular weight excluding hydrogens is 251 g/mol. The van der Waals surface area contributed by atoms with Gasteiger partial charge in [0.25, 0.3) is 0 Å². The van der Waals surface area contributed by atoms with Gasteiger partial charge in [-0.3, -0.25) is 4.98 Å². The number of aromatic nitrogens is 1. The third kappa shape index (κ3) is 3.29. The van der Waals surface area contributed by atoms with Gasteiger partial charge in [0.05, 0.1) is 11.2 Å². The van der Waals surface area contributed by atoms with Crippen molar-refractivity contribution in [3.05, 3.63) is 35.6 Å². The van der Waals surface area contributed by atoms with Gasteiger partial charge in [-0.1, -0.05) is 18.1 Å². The van der Waals surface area contributed by atoms with Crippen LogP contribution in [-0.4, -0.2) is 29.8 Å². The van der Waals surface area contributed by atoms with Gasteiger partial charge in [-0.2, -0.15) is 0 Å². The van der Waals surface area contributed by atoms with E-state index in [4.69, 9.17) is 15.0 Å². The van der Waals surface area contributed by atoms with E-state index in [9.17, 15) is 0 Å². The molecular formula is C15H23BN2O2. The molecule has 2 N–H and O–H groups in total. The van der Waals surface area contributed by atoms with E-state index in [2.05, 4.69) is 4.98 Å². The normalized spacial score (nSPS) is 20.8. The second kappa shape index (κ2) is 5.68. The number of rotatable bonds is 4. The highest BCUT2D eigenvalue weighted by Gasteiger charge is 2.49. The molecule has 1 aromatic heterocycles. The van der Waals surface area contributed by atoms with Gasteiger partial charge >= 0.3 is 7.12 Å². The Morgan fingerprint density at radius 3 is 2.35 bits per heavy atom. The van der Waals surface area contributed by atoms with E-state index in [1.807, 2.05) is 58.1 Å². The lowest BCUT2D eigenvalue weighted by atomic mass is 9.89. The largest absolute Gasteiger partial charge is 0.487 e. The van der Waals surface area contributed by atoms with Crippen molar-refractivity contribution < 1.29 is 9.31 Å². The number of nitrogens with zero attached hydrogens (tertiary/aromatic N) is 1. The lowest BCUT2D eigenvalue weighted by Crippen LogP contribution is -2.41. The summed E-state index contributed by atoms with van der Waals surface area (Å²) >= 11 is 0. The molecule has 0 saturated carbocycles. The van der Waals surface area contributed by atoms with Crippen LogP contribution in [0, 0.1) is 0 Å². The number of hydrogen-bond acceptors (Lipinski definition) is 4. The number of pyridine rings is 1. The molecule has 2 rings (SSSR count). The Balaban J connectivity index is 2.00. The maximum absolute atomic E-state index is 5.90. The van der Waals surface area contributed by atoms with Crippen LogP contribution in [0.5, 0.6) is 0 Å². The summed E-state index contributed by atoms with van der Waals surface area (Å²) in [6.45, 7) is 8.80. The van der Waals surface area contributed by atoms with E-state index in [0.717, 1.165) is 17.7 Å². The molecule has 0 bridgehead atoms. The van der Waals surface area contributed by atoms with Crippen molar-refractivity contribution >= 4 is 13.2 Å². The van der Waals surface area contributed by atoms with E-state index in [-0.39, 0.29) is 18.3 Å². The Kier molecular flexibility index (Phi) is 4.32.